The number of rotatable bonds is 5. The topological polar surface area (TPSA) is 111 Å². The second-order valence-corrected chi connectivity index (χ2v) is 11.4. The fraction of sp³-hybridized carbons (Fsp3) is 0.312. The van der Waals surface area contributed by atoms with E-state index in [-0.39, 0.29) is 17.7 Å². The molecule has 2 saturated heterocycles. The molecule has 2 atom stereocenters. The van der Waals surface area contributed by atoms with Gasteiger partial charge in [0.25, 0.3) is 0 Å². The molecule has 43 heavy (non-hydrogen) atoms. The van der Waals surface area contributed by atoms with E-state index in [1.165, 1.54) is 5.56 Å². The van der Waals surface area contributed by atoms with Crippen LogP contribution in [0.1, 0.15) is 17.0 Å². The van der Waals surface area contributed by atoms with E-state index in [0.29, 0.717) is 35.6 Å². The zero-order chi connectivity index (χ0) is 29.5. The Balaban J connectivity index is 1.08. The van der Waals surface area contributed by atoms with E-state index in [9.17, 15) is 10.1 Å². The van der Waals surface area contributed by atoms with Crippen LogP contribution in [-0.4, -0.2) is 91.4 Å². The van der Waals surface area contributed by atoms with E-state index in [0.717, 1.165) is 43.1 Å². The molecule has 7 rings (SSSR count). The van der Waals surface area contributed by atoms with E-state index in [1.54, 1.807) is 27.8 Å². The summed E-state index contributed by atoms with van der Waals surface area (Å²) in [6.07, 6.45) is 8.82. The number of amides is 1. The molecule has 5 aromatic rings. The van der Waals surface area contributed by atoms with Crippen LogP contribution in [0.3, 0.4) is 0 Å². The van der Waals surface area contributed by atoms with Gasteiger partial charge in [0, 0.05) is 75.8 Å². The fourth-order valence-electron chi connectivity index (χ4n) is 6.38. The van der Waals surface area contributed by atoms with Crippen molar-refractivity contribution in [3.63, 3.8) is 0 Å². The van der Waals surface area contributed by atoms with Gasteiger partial charge in [0.2, 0.25) is 5.91 Å². The van der Waals surface area contributed by atoms with Crippen LogP contribution in [-0.2, 0) is 11.8 Å². The van der Waals surface area contributed by atoms with Gasteiger partial charge in [-0.05, 0) is 24.7 Å². The van der Waals surface area contributed by atoms with Gasteiger partial charge in [0.05, 0.1) is 35.9 Å². The zero-order valence-corrected chi connectivity index (χ0v) is 24.2. The lowest BCUT2D eigenvalue weighted by Crippen LogP contribution is -2.51. The lowest BCUT2D eigenvalue weighted by atomic mass is 9.88. The molecule has 1 unspecified atom stereocenters. The summed E-state index contributed by atoms with van der Waals surface area (Å²) >= 11 is 0. The summed E-state index contributed by atoms with van der Waals surface area (Å²) in [5.74, 6) is 1.30. The Kier molecular flexibility index (Phi) is 6.83. The molecule has 2 fully saturated rings. The highest BCUT2D eigenvalue weighted by Gasteiger charge is 2.39. The molecule has 4 aromatic heterocycles. The fourth-order valence-corrected chi connectivity index (χ4v) is 6.38. The number of aryl methyl sites for hydroxylation is 1. The molecule has 0 aliphatic carbocycles. The Morgan fingerprint density at radius 2 is 1.72 bits per heavy atom. The van der Waals surface area contributed by atoms with Gasteiger partial charge in [-0.25, -0.2) is 14.5 Å². The predicted molar refractivity (Wildman–Crippen MR) is 162 cm³/mol. The summed E-state index contributed by atoms with van der Waals surface area (Å²) in [4.78, 5) is 29.9. The molecule has 0 saturated carbocycles. The molecule has 0 spiro atoms. The quantitative estimate of drug-likeness (QED) is 0.316. The number of nitrogens with zero attached hydrogens (tertiary/aromatic N) is 10. The van der Waals surface area contributed by atoms with Crippen LogP contribution in [0.4, 0.5) is 5.82 Å². The molecule has 0 N–H and O–H groups in total. The Labute approximate surface area is 249 Å². The third-order valence-electron chi connectivity index (χ3n) is 8.60. The average Bonchev–Trinajstić information content (AvgIpc) is 3.79. The van der Waals surface area contributed by atoms with Crippen LogP contribution < -0.4 is 4.90 Å². The summed E-state index contributed by atoms with van der Waals surface area (Å²) in [6.45, 7) is 4.46. The second-order valence-electron chi connectivity index (χ2n) is 11.4. The molecule has 11 heteroatoms. The Hall–Kier alpha value is -5.08. The van der Waals surface area contributed by atoms with Gasteiger partial charge < -0.3 is 14.7 Å². The number of hydrogen-bond acceptors (Lipinski definition) is 8. The standard InChI is InChI=1S/C32H32N10O/c1-38-19-26(22-6-4-3-5-7-22)27(20-38)32(43)41-12-10-40(11-13-41)29-9-8-23(15-34-29)30-31-24(14-33)16-36-42(31)21-28(37-30)25-17-35-39(2)18-25/h3-9,15-18,21,26-27H,10-13,19-20H2,1-2H3/t26-,27?/m0/s1. The summed E-state index contributed by atoms with van der Waals surface area (Å²) in [5.41, 5.74) is 5.33. The number of aromatic nitrogens is 6. The van der Waals surface area contributed by atoms with Crippen LogP contribution in [0, 0.1) is 17.2 Å². The molecular weight excluding hydrogens is 540 g/mol. The van der Waals surface area contributed by atoms with Gasteiger partial charge in [-0.1, -0.05) is 30.3 Å². The SMILES string of the molecule is CN1CC(C(=O)N2CCN(c3ccc(-c4nc(-c5cnn(C)c5)cn5ncc(C#N)c45)cn3)CC2)[C@H](c2ccccc2)C1. The first-order chi connectivity index (χ1) is 21.0. The highest BCUT2D eigenvalue weighted by atomic mass is 16.2. The normalized spacial score (nSPS) is 19.2. The summed E-state index contributed by atoms with van der Waals surface area (Å²) in [7, 11) is 3.96. The van der Waals surface area contributed by atoms with Crippen molar-refractivity contribution >= 4 is 17.2 Å². The van der Waals surface area contributed by atoms with Crippen LogP contribution in [0.15, 0.2) is 73.4 Å². The van der Waals surface area contributed by atoms with Gasteiger partial charge in [0.15, 0.2) is 0 Å². The van der Waals surface area contributed by atoms with Gasteiger partial charge in [-0.2, -0.15) is 15.5 Å². The summed E-state index contributed by atoms with van der Waals surface area (Å²) in [5, 5.41) is 18.4. The molecule has 0 radical (unpaired) electrons. The van der Waals surface area contributed by atoms with Gasteiger partial charge in [-0.3, -0.25) is 9.48 Å². The van der Waals surface area contributed by atoms with E-state index in [1.807, 2.05) is 42.5 Å². The second kappa shape index (κ2) is 11.0. The first-order valence-electron chi connectivity index (χ1n) is 14.5. The number of benzene rings is 1. The van der Waals surface area contributed by atoms with Crippen molar-refractivity contribution in [3.8, 4) is 28.6 Å². The highest BCUT2D eigenvalue weighted by molar-refractivity contribution is 5.83. The van der Waals surface area contributed by atoms with Gasteiger partial charge in [-0.15, -0.1) is 0 Å². The van der Waals surface area contributed by atoms with Crippen molar-refractivity contribution in [2.45, 2.75) is 5.92 Å². The summed E-state index contributed by atoms with van der Waals surface area (Å²) < 4.78 is 3.42. The monoisotopic (exact) mass is 572 g/mol. The van der Waals surface area contributed by atoms with Crippen molar-refractivity contribution in [1.82, 2.24) is 39.2 Å². The maximum atomic E-state index is 13.7. The average molecular weight is 573 g/mol. The van der Waals surface area contributed by atoms with E-state index >= 15 is 0 Å². The first kappa shape index (κ1) is 26.8. The van der Waals surface area contributed by atoms with Crippen molar-refractivity contribution in [2.24, 2.45) is 13.0 Å². The maximum absolute atomic E-state index is 13.7. The van der Waals surface area contributed by atoms with Gasteiger partial charge >= 0.3 is 0 Å². The number of carbonyl (C=O) groups excluding carboxylic acids is 1. The van der Waals surface area contributed by atoms with Crippen LogP contribution in [0.2, 0.25) is 0 Å². The number of fused-ring (bicyclic) bond motifs is 1. The number of likely N-dealkylation sites (N-methyl/N-ethyl adjacent to an activating group) is 1. The first-order valence-corrected chi connectivity index (χ1v) is 14.5. The Morgan fingerprint density at radius 1 is 0.907 bits per heavy atom. The lowest BCUT2D eigenvalue weighted by Gasteiger charge is -2.37. The molecule has 2 aliphatic rings. The minimum atomic E-state index is -0.0232. The van der Waals surface area contributed by atoms with Gasteiger partial charge in [0.1, 0.15) is 23.0 Å². The molecule has 216 valence electrons. The van der Waals surface area contributed by atoms with Crippen LogP contribution in [0.25, 0.3) is 28.0 Å². The summed E-state index contributed by atoms with van der Waals surface area (Å²) in [6, 6.07) is 16.6. The number of pyridine rings is 1. The Morgan fingerprint density at radius 3 is 2.42 bits per heavy atom. The van der Waals surface area contributed by atoms with Crippen molar-refractivity contribution in [2.75, 3.05) is 51.2 Å². The molecule has 2 aliphatic heterocycles. The van der Waals surface area contributed by atoms with E-state index < -0.39 is 0 Å². The number of piperazine rings is 1. The van der Waals surface area contributed by atoms with E-state index in [2.05, 4.69) is 57.4 Å². The number of anilines is 1. The predicted octanol–water partition coefficient (Wildman–Crippen LogP) is 3.06. The number of hydrogen-bond donors (Lipinski definition) is 0. The number of carbonyl (C=O) groups is 1. The molecular formula is C32H32N10O. The molecule has 11 nitrogen and oxygen atoms in total. The van der Waals surface area contributed by atoms with E-state index in [4.69, 9.17) is 9.97 Å². The van der Waals surface area contributed by atoms with Crippen molar-refractivity contribution in [3.05, 3.63) is 84.6 Å². The molecule has 1 amide bonds. The third kappa shape index (κ3) is 5.00. The lowest BCUT2D eigenvalue weighted by molar-refractivity contribution is -0.135. The molecule has 6 heterocycles. The van der Waals surface area contributed by atoms with Crippen molar-refractivity contribution in [1.29, 1.82) is 5.26 Å². The minimum absolute atomic E-state index is 0.0232. The third-order valence-corrected chi connectivity index (χ3v) is 8.60. The highest BCUT2D eigenvalue weighted by Crippen LogP contribution is 2.34. The van der Waals surface area contributed by atoms with Crippen LogP contribution >= 0.6 is 0 Å². The number of likely N-dealkylation sites (tertiary alicyclic amines) is 1. The molecule has 1 aromatic carbocycles. The smallest absolute Gasteiger partial charge is 0.227 e. The van der Waals surface area contributed by atoms with Crippen LogP contribution in [0.5, 0.6) is 0 Å². The Bertz CT molecular complexity index is 1810. The zero-order valence-electron chi connectivity index (χ0n) is 24.2. The molecule has 0 bridgehead atoms. The number of nitriles is 1. The minimum Gasteiger partial charge on any atom is -0.353 e. The maximum Gasteiger partial charge on any atom is 0.227 e. The largest absolute Gasteiger partial charge is 0.353 e. The van der Waals surface area contributed by atoms with Crippen molar-refractivity contribution < 1.29 is 4.79 Å².